The van der Waals surface area contributed by atoms with Gasteiger partial charge in [-0.05, 0) is 44.2 Å². The lowest BCUT2D eigenvalue weighted by Crippen LogP contribution is -2.14. The Morgan fingerprint density at radius 1 is 1.27 bits per heavy atom. The fourth-order valence-corrected chi connectivity index (χ4v) is 4.40. The Morgan fingerprint density at radius 2 is 2.07 bits per heavy atom. The van der Waals surface area contributed by atoms with Gasteiger partial charge in [0.1, 0.15) is 11.6 Å². The number of aromatic nitrogens is 4. The Morgan fingerprint density at radius 3 is 2.77 bits per heavy atom. The van der Waals surface area contributed by atoms with Crippen LogP contribution in [-0.2, 0) is 11.3 Å². The predicted molar refractivity (Wildman–Crippen MR) is 115 cm³/mol. The van der Waals surface area contributed by atoms with Crippen LogP contribution in [-0.4, -0.2) is 31.4 Å². The standard InChI is InChI=1S/C20H18FN5O2S2/c1-3-26-18(15-8-9-28-12(15)2)24-25-20(26)30-11-17(27)23-19-22-16(10-29-19)13-4-6-14(21)7-5-13/h4-10H,3,11H2,1-2H3,(H,22,23,27). The van der Waals surface area contributed by atoms with Crippen molar-refractivity contribution in [2.24, 2.45) is 0 Å². The molecule has 10 heteroatoms. The molecular weight excluding hydrogens is 425 g/mol. The van der Waals surface area contributed by atoms with Gasteiger partial charge in [-0.3, -0.25) is 4.79 Å². The third kappa shape index (κ3) is 4.29. The molecule has 0 radical (unpaired) electrons. The molecule has 0 bridgehead atoms. The molecule has 0 saturated carbocycles. The number of amides is 1. The van der Waals surface area contributed by atoms with E-state index in [4.69, 9.17) is 4.42 Å². The van der Waals surface area contributed by atoms with Crippen LogP contribution in [0.4, 0.5) is 9.52 Å². The quantitative estimate of drug-likeness (QED) is 0.411. The number of anilines is 1. The molecule has 0 aliphatic rings. The van der Waals surface area contributed by atoms with E-state index in [1.807, 2.05) is 29.9 Å². The van der Waals surface area contributed by atoms with E-state index >= 15 is 0 Å². The molecule has 1 N–H and O–H groups in total. The van der Waals surface area contributed by atoms with E-state index in [0.717, 1.165) is 22.7 Å². The molecule has 0 aliphatic heterocycles. The van der Waals surface area contributed by atoms with Gasteiger partial charge in [0, 0.05) is 17.5 Å². The van der Waals surface area contributed by atoms with E-state index in [1.165, 1.54) is 35.2 Å². The van der Waals surface area contributed by atoms with Gasteiger partial charge < -0.3 is 14.3 Å². The van der Waals surface area contributed by atoms with Crippen LogP contribution < -0.4 is 5.32 Å². The molecular formula is C20H18FN5O2S2. The Labute approximate surface area is 180 Å². The lowest BCUT2D eigenvalue weighted by molar-refractivity contribution is -0.113. The maximum Gasteiger partial charge on any atom is 0.236 e. The zero-order valence-corrected chi connectivity index (χ0v) is 17.9. The highest BCUT2D eigenvalue weighted by atomic mass is 32.2. The SMILES string of the molecule is CCn1c(SCC(=O)Nc2nc(-c3ccc(F)cc3)cs2)nnc1-c1ccoc1C. The number of rotatable bonds is 7. The van der Waals surface area contributed by atoms with Crippen molar-refractivity contribution >= 4 is 34.1 Å². The maximum absolute atomic E-state index is 13.1. The first kappa shape index (κ1) is 20.3. The summed E-state index contributed by atoms with van der Waals surface area (Å²) in [6.07, 6.45) is 1.62. The summed E-state index contributed by atoms with van der Waals surface area (Å²) in [6.45, 7) is 4.54. The number of halogens is 1. The predicted octanol–water partition coefficient (Wildman–Crippen LogP) is 4.86. The van der Waals surface area contributed by atoms with Crippen LogP contribution in [0.2, 0.25) is 0 Å². The molecule has 3 heterocycles. The molecule has 0 unspecified atom stereocenters. The minimum absolute atomic E-state index is 0.175. The van der Waals surface area contributed by atoms with Gasteiger partial charge in [0.05, 0.1) is 23.3 Å². The van der Waals surface area contributed by atoms with Crippen molar-refractivity contribution in [1.82, 2.24) is 19.7 Å². The summed E-state index contributed by atoms with van der Waals surface area (Å²) >= 11 is 2.63. The van der Waals surface area contributed by atoms with E-state index in [-0.39, 0.29) is 17.5 Å². The largest absolute Gasteiger partial charge is 0.469 e. The van der Waals surface area contributed by atoms with Crippen molar-refractivity contribution in [3.63, 3.8) is 0 Å². The van der Waals surface area contributed by atoms with Gasteiger partial charge >= 0.3 is 0 Å². The van der Waals surface area contributed by atoms with Gasteiger partial charge in [-0.1, -0.05) is 11.8 Å². The number of hydrogen-bond donors (Lipinski definition) is 1. The monoisotopic (exact) mass is 443 g/mol. The van der Waals surface area contributed by atoms with Gasteiger partial charge in [-0.15, -0.1) is 21.5 Å². The van der Waals surface area contributed by atoms with E-state index in [1.54, 1.807) is 18.4 Å². The summed E-state index contributed by atoms with van der Waals surface area (Å²) in [7, 11) is 0. The van der Waals surface area contributed by atoms with Crippen molar-refractivity contribution in [3.05, 3.63) is 53.6 Å². The second kappa shape index (κ2) is 8.80. The third-order valence-corrected chi connectivity index (χ3v) is 6.08. The second-order valence-electron chi connectivity index (χ2n) is 6.32. The lowest BCUT2D eigenvalue weighted by Gasteiger charge is -2.06. The normalized spacial score (nSPS) is 11.0. The number of furan rings is 1. The number of nitrogens with zero attached hydrogens (tertiary/aromatic N) is 4. The average molecular weight is 444 g/mol. The molecule has 154 valence electrons. The molecule has 0 aliphatic carbocycles. The number of aryl methyl sites for hydroxylation is 1. The Bertz CT molecular complexity index is 1170. The van der Waals surface area contributed by atoms with Crippen LogP contribution in [0.1, 0.15) is 12.7 Å². The van der Waals surface area contributed by atoms with Crippen molar-refractivity contribution in [2.45, 2.75) is 25.5 Å². The molecule has 0 saturated heterocycles. The Hall–Kier alpha value is -2.98. The molecule has 30 heavy (non-hydrogen) atoms. The van der Waals surface area contributed by atoms with E-state index < -0.39 is 0 Å². The second-order valence-corrected chi connectivity index (χ2v) is 8.12. The first-order valence-corrected chi connectivity index (χ1v) is 11.0. The van der Waals surface area contributed by atoms with Crippen LogP contribution in [0.15, 0.2) is 51.5 Å². The zero-order chi connectivity index (χ0) is 21.1. The van der Waals surface area contributed by atoms with Crippen molar-refractivity contribution in [1.29, 1.82) is 0 Å². The molecule has 4 rings (SSSR count). The molecule has 0 spiro atoms. The van der Waals surface area contributed by atoms with Crippen LogP contribution in [0, 0.1) is 12.7 Å². The van der Waals surface area contributed by atoms with E-state index in [0.29, 0.717) is 22.5 Å². The maximum atomic E-state index is 13.1. The third-order valence-electron chi connectivity index (χ3n) is 4.36. The minimum atomic E-state index is -0.300. The number of benzene rings is 1. The smallest absolute Gasteiger partial charge is 0.236 e. The van der Waals surface area contributed by atoms with Crippen molar-refractivity contribution < 1.29 is 13.6 Å². The molecule has 1 aromatic carbocycles. The first-order chi connectivity index (χ1) is 14.5. The number of carbonyl (C=O) groups excluding carboxylic acids is 1. The highest BCUT2D eigenvalue weighted by Gasteiger charge is 2.17. The topological polar surface area (TPSA) is 85.8 Å². The first-order valence-electron chi connectivity index (χ1n) is 9.17. The molecule has 7 nitrogen and oxygen atoms in total. The van der Waals surface area contributed by atoms with Crippen LogP contribution in [0.25, 0.3) is 22.6 Å². The highest BCUT2D eigenvalue weighted by Crippen LogP contribution is 2.28. The number of hydrogen-bond acceptors (Lipinski definition) is 7. The summed E-state index contributed by atoms with van der Waals surface area (Å²) in [6, 6.07) is 7.93. The van der Waals surface area contributed by atoms with Crippen LogP contribution in [0.3, 0.4) is 0 Å². The number of thiazole rings is 1. The zero-order valence-electron chi connectivity index (χ0n) is 16.3. The summed E-state index contributed by atoms with van der Waals surface area (Å²) in [4.78, 5) is 16.8. The summed E-state index contributed by atoms with van der Waals surface area (Å²) in [5, 5.41) is 14.3. The minimum Gasteiger partial charge on any atom is -0.469 e. The van der Waals surface area contributed by atoms with Crippen molar-refractivity contribution in [3.8, 4) is 22.6 Å². The molecule has 1 amide bonds. The van der Waals surface area contributed by atoms with Gasteiger partial charge in [-0.2, -0.15) is 0 Å². The summed E-state index contributed by atoms with van der Waals surface area (Å²) < 4.78 is 20.4. The molecule has 0 atom stereocenters. The van der Waals surface area contributed by atoms with E-state index in [9.17, 15) is 9.18 Å². The Kier molecular flexibility index (Phi) is 5.96. The number of thioether (sulfide) groups is 1. The summed E-state index contributed by atoms with van der Waals surface area (Å²) in [5.74, 6) is 1.17. The van der Waals surface area contributed by atoms with Crippen molar-refractivity contribution in [2.75, 3.05) is 11.1 Å². The number of nitrogens with one attached hydrogen (secondary N) is 1. The molecule has 0 fully saturated rings. The fraction of sp³-hybridized carbons (Fsp3) is 0.200. The average Bonchev–Trinajstić information content (AvgIpc) is 3.46. The van der Waals surface area contributed by atoms with Crippen LogP contribution >= 0.6 is 23.1 Å². The van der Waals surface area contributed by atoms with Gasteiger partial charge in [0.2, 0.25) is 5.91 Å². The van der Waals surface area contributed by atoms with Gasteiger partial charge in [-0.25, -0.2) is 9.37 Å². The van der Waals surface area contributed by atoms with E-state index in [2.05, 4.69) is 20.5 Å². The fourth-order valence-electron chi connectivity index (χ4n) is 2.87. The summed E-state index contributed by atoms with van der Waals surface area (Å²) in [5.41, 5.74) is 2.37. The lowest BCUT2D eigenvalue weighted by atomic mass is 10.2. The van der Waals surface area contributed by atoms with Crippen LogP contribution in [0.5, 0.6) is 0 Å². The number of carbonyl (C=O) groups is 1. The molecule has 3 aromatic heterocycles. The Balaban J connectivity index is 1.39. The highest BCUT2D eigenvalue weighted by molar-refractivity contribution is 7.99. The molecule has 4 aromatic rings. The van der Waals surface area contributed by atoms with Gasteiger partial charge in [0.25, 0.3) is 0 Å². The van der Waals surface area contributed by atoms with Gasteiger partial charge in [0.15, 0.2) is 16.1 Å².